The van der Waals surface area contributed by atoms with Crippen molar-refractivity contribution >= 4 is 36.4 Å². The molecule has 26 heavy (non-hydrogen) atoms. The molecule has 0 spiro atoms. The van der Waals surface area contributed by atoms with E-state index in [0.29, 0.717) is 24.4 Å². The summed E-state index contributed by atoms with van der Waals surface area (Å²) in [5.74, 6) is 0.683. The zero-order chi connectivity index (χ0) is 17.5. The van der Waals surface area contributed by atoms with Crippen molar-refractivity contribution in [2.75, 3.05) is 33.0 Å². The summed E-state index contributed by atoms with van der Waals surface area (Å²) in [6.07, 6.45) is 0. The number of aryl methyl sites for hydroxylation is 1. The molecule has 0 atom stereocenters. The summed E-state index contributed by atoms with van der Waals surface area (Å²) in [6, 6.07) is 13.1. The second-order valence-electron chi connectivity index (χ2n) is 6.06. The number of anilines is 1. The minimum Gasteiger partial charge on any atom is -0.492 e. The largest absolute Gasteiger partial charge is 0.492 e. The van der Waals surface area contributed by atoms with Crippen LogP contribution in [0.1, 0.15) is 21.5 Å². The van der Waals surface area contributed by atoms with E-state index in [4.69, 9.17) is 10.5 Å². The van der Waals surface area contributed by atoms with Gasteiger partial charge in [0.15, 0.2) is 0 Å². The second kappa shape index (κ2) is 11.6. The highest BCUT2D eigenvalue weighted by Crippen LogP contribution is 2.15. The number of likely N-dealkylation sites (N-methyl/N-ethyl adjacent to an activating group) is 1. The highest BCUT2D eigenvalue weighted by molar-refractivity contribution is 5.96. The van der Waals surface area contributed by atoms with E-state index in [2.05, 4.69) is 10.2 Å². The zero-order valence-corrected chi connectivity index (χ0v) is 17.0. The van der Waals surface area contributed by atoms with Gasteiger partial charge in [-0.05, 0) is 56.4 Å². The van der Waals surface area contributed by atoms with Gasteiger partial charge in [-0.1, -0.05) is 18.2 Å². The third kappa shape index (κ3) is 7.52. The number of halogens is 2. The molecule has 5 nitrogen and oxygen atoms in total. The van der Waals surface area contributed by atoms with Gasteiger partial charge in [0.1, 0.15) is 12.4 Å². The lowest BCUT2D eigenvalue weighted by Crippen LogP contribution is -2.23. The van der Waals surface area contributed by atoms with Crippen molar-refractivity contribution in [2.45, 2.75) is 13.5 Å². The Kier molecular flexibility index (Phi) is 10.8. The molecule has 0 aromatic heterocycles. The molecule has 0 bridgehead atoms. The van der Waals surface area contributed by atoms with Crippen molar-refractivity contribution in [1.82, 2.24) is 10.2 Å². The first-order valence-electron chi connectivity index (χ1n) is 7.96. The maximum atomic E-state index is 12.3. The molecule has 1 amide bonds. The van der Waals surface area contributed by atoms with Crippen molar-refractivity contribution in [1.29, 1.82) is 0 Å². The molecule has 144 valence electrons. The van der Waals surface area contributed by atoms with Crippen LogP contribution in [0.4, 0.5) is 5.69 Å². The molecular formula is C19H27Cl2N3O2. The molecule has 0 saturated heterocycles. The summed E-state index contributed by atoms with van der Waals surface area (Å²) < 4.78 is 5.71. The number of nitrogens with one attached hydrogen (secondary N) is 1. The lowest BCUT2D eigenvalue weighted by atomic mass is 10.1. The van der Waals surface area contributed by atoms with Crippen LogP contribution >= 0.6 is 24.8 Å². The number of hydrogen-bond acceptors (Lipinski definition) is 4. The second-order valence-corrected chi connectivity index (χ2v) is 6.06. The van der Waals surface area contributed by atoms with Crippen LogP contribution in [-0.4, -0.2) is 38.1 Å². The van der Waals surface area contributed by atoms with Crippen molar-refractivity contribution in [3.05, 3.63) is 59.2 Å². The Morgan fingerprint density at radius 2 is 1.88 bits per heavy atom. The average Bonchev–Trinajstić information content (AvgIpc) is 2.55. The molecule has 0 aliphatic carbocycles. The third-order valence-electron chi connectivity index (χ3n) is 3.66. The maximum Gasteiger partial charge on any atom is 0.251 e. The molecule has 0 saturated carbocycles. The number of benzene rings is 2. The van der Waals surface area contributed by atoms with Crippen LogP contribution in [0.5, 0.6) is 5.75 Å². The van der Waals surface area contributed by atoms with E-state index in [0.717, 1.165) is 23.4 Å². The first-order chi connectivity index (χ1) is 11.5. The van der Waals surface area contributed by atoms with Crippen molar-refractivity contribution < 1.29 is 9.53 Å². The minimum absolute atomic E-state index is 0. The Labute approximate surface area is 167 Å². The van der Waals surface area contributed by atoms with E-state index >= 15 is 0 Å². The topological polar surface area (TPSA) is 67.6 Å². The summed E-state index contributed by atoms with van der Waals surface area (Å²) in [5, 5.41) is 2.93. The van der Waals surface area contributed by atoms with Crippen molar-refractivity contribution in [2.24, 2.45) is 0 Å². The minimum atomic E-state index is -0.126. The van der Waals surface area contributed by atoms with Gasteiger partial charge in [-0.25, -0.2) is 0 Å². The number of ether oxygens (including phenoxy) is 1. The molecule has 2 aromatic carbocycles. The van der Waals surface area contributed by atoms with Crippen molar-refractivity contribution in [3.8, 4) is 5.75 Å². The lowest BCUT2D eigenvalue weighted by Gasteiger charge is -2.12. The number of nitrogen functional groups attached to an aromatic ring is 1. The van der Waals surface area contributed by atoms with Crippen LogP contribution < -0.4 is 15.8 Å². The van der Waals surface area contributed by atoms with E-state index in [1.54, 1.807) is 12.1 Å². The number of rotatable bonds is 7. The van der Waals surface area contributed by atoms with Gasteiger partial charge >= 0.3 is 0 Å². The SMILES string of the molecule is Cc1ccc(N)cc1C(=O)NCc1cccc(OCCN(C)C)c1.Cl.Cl. The summed E-state index contributed by atoms with van der Waals surface area (Å²) >= 11 is 0. The first-order valence-corrected chi connectivity index (χ1v) is 7.96. The number of carbonyl (C=O) groups excluding carboxylic acids is 1. The summed E-state index contributed by atoms with van der Waals surface area (Å²) in [7, 11) is 4.02. The summed E-state index contributed by atoms with van der Waals surface area (Å²) in [6.45, 7) is 3.83. The third-order valence-corrected chi connectivity index (χ3v) is 3.66. The van der Waals surface area contributed by atoms with Crippen LogP contribution in [0.3, 0.4) is 0 Å². The smallest absolute Gasteiger partial charge is 0.251 e. The fourth-order valence-corrected chi connectivity index (χ4v) is 2.25. The monoisotopic (exact) mass is 399 g/mol. The van der Waals surface area contributed by atoms with Crippen LogP contribution in [0.25, 0.3) is 0 Å². The highest BCUT2D eigenvalue weighted by Gasteiger charge is 2.09. The van der Waals surface area contributed by atoms with Gasteiger partial charge in [0, 0.05) is 24.3 Å². The predicted molar refractivity (Wildman–Crippen MR) is 112 cm³/mol. The molecule has 0 aliphatic rings. The first kappa shape index (κ1) is 24.1. The zero-order valence-electron chi connectivity index (χ0n) is 15.3. The van der Waals surface area contributed by atoms with E-state index in [9.17, 15) is 4.79 Å². The van der Waals surface area contributed by atoms with Gasteiger partial charge < -0.3 is 20.7 Å². The Morgan fingerprint density at radius 1 is 1.15 bits per heavy atom. The molecule has 0 aliphatic heterocycles. The standard InChI is InChI=1S/C19H25N3O2.2ClH/c1-14-7-8-16(20)12-18(14)19(23)21-13-15-5-4-6-17(11-15)24-10-9-22(2)3;;/h4-8,11-12H,9-10,13,20H2,1-3H3,(H,21,23);2*1H. The van der Waals surface area contributed by atoms with E-state index in [1.807, 2.05) is 51.4 Å². The van der Waals surface area contributed by atoms with Gasteiger partial charge in [-0.15, -0.1) is 24.8 Å². The summed E-state index contributed by atoms with van der Waals surface area (Å²) in [4.78, 5) is 14.4. The van der Waals surface area contributed by atoms with E-state index in [-0.39, 0.29) is 30.7 Å². The number of amides is 1. The van der Waals surface area contributed by atoms with Gasteiger partial charge in [0.2, 0.25) is 0 Å². The quantitative estimate of drug-likeness (QED) is 0.700. The number of hydrogen-bond donors (Lipinski definition) is 2. The number of nitrogens with two attached hydrogens (primary N) is 1. The van der Waals surface area contributed by atoms with Crippen molar-refractivity contribution in [3.63, 3.8) is 0 Å². The Hall–Kier alpha value is -1.95. The molecule has 2 rings (SSSR count). The molecule has 0 unspecified atom stereocenters. The Morgan fingerprint density at radius 3 is 2.58 bits per heavy atom. The van der Waals surface area contributed by atoms with Gasteiger partial charge in [-0.2, -0.15) is 0 Å². The molecule has 0 fully saturated rings. The van der Waals surface area contributed by atoms with E-state index < -0.39 is 0 Å². The Balaban J connectivity index is 0.00000312. The normalized spacial score (nSPS) is 9.85. The van der Waals surface area contributed by atoms with Gasteiger partial charge in [-0.3, -0.25) is 4.79 Å². The highest BCUT2D eigenvalue weighted by atomic mass is 35.5. The molecule has 7 heteroatoms. The van der Waals surface area contributed by atoms with Crippen LogP contribution in [0, 0.1) is 6.92 Å². The molecule has 3 N–H and O–H groups in total. The molecule has 0 heterocycles. The molecule has 2 aromatic rings. The van der Waals surface area contributed by atoms with Crippen LogP contribution in [0.15, 0.2) is 42.5 Å². The fraction of sp³-hybridized carbons (Fsp3) is 0.316. The summed E-state index contributed by atoms with van der Waals surface area (Å²) in [5.41, 5.74) is 8.85. The lowest BCUT2D eigenvalue weighted by molar-refractivity contribution is 0.0950. The maximum absolute atomic E-state index is 12.3. The number of nitrogens with zero attached hydrogens (tertiary/aromatic N) is 1. The van der Waals surface area contributed by atoms with Gasteiger partial charge in [0.05, 0.1) is 0 Å². The van der Waals surface area contributed by atoms with Gasteiger partial charge in [0.25, 0.3) is 5.91 Å². The average molecular weight is 400 g/mol. The number of carbonyl (C=O) groups is 1. The molecular weight excluding hydrogens is 373 g/mol. The fourth-order valence-electron chi connectivity index (χ4n) is 2.25. The van der Waals surface area contributed by atoms with Crippen LogP contribution in [0.2, 0.25) is 0 Å². The Bertz CT molecular complexity index is 709. The van der Waals surface area contributed by atoms with E-state index in [1.165, 1.54) is 0 Å². The predicted octanol–water partition coefficient (Wildman–Crippen LogP) is 3.29. The molecule has 0 radical (unpaired) electrons. The van der Waals surface area contributed by atoms with Crippen LogP contribution in [-0.2, 0) is 6.54 Å².